The zero-order valence-corrected chi connectivity index (χ0v) is 12.6. The minimum absolute atomic E-state index is 0.216. The van der Waals surface area contributed by atoms with Crippen molar-refractivity contribution in [2.24, 2.45) is 0 Å². The second kappa shape index (κ2) is 5.54. The molecule has 1 saturated heterocycles. The standard InChI is InChI=1S/C14H14Cl2N4/c1-9-4-5-10(8-11(9)15)12-17-13(16)19-14(18-12)20-6-2-3-7-20/h4-5,8H,2-3,6-7H2,1H3. The fraction of sp³-hybridized carbons (Fsp3) is 0.357. The highest BCUT2D eigenvalue weighted by Gasteiger charge is 2.17. The highest BCUT2D eigenvalue weighted by molar-refractivity contribution is 6.31. The Kier molecular flexibility index (Phi) is 3.76. The first kappa shape index (κ1) is 13.6. The molecular weight excluding hydrogens is 295 g/mol. The first-order valence-electron chi connectivity index (χ1n) is 6.56. The van der Waals surface area contributed by atoms with Crippen LogP contribution in [0.15, 0.2) is 18.2 Å². The minimum Gasteiger partial charge on any atom is -0.341 e. The van der Waals surface area contributed by atoms with Crippen LogP contribution in [-0.4, -0.2) is 28.0 Å². The SMILES string of the molecule is Cc1ccc(-c2nc(Cl)nc(N3CCCC3)n2)cc1Cl. The number of benzene rings is 1. The van der Waals surface area contributed by atoms with E-state index in [0.29, 0.717) is 16.8 Å². The largest absolute Gasteiger partial charge is 0.341 e. The molecule has 0 aliphatic carbocycles. The van der Waals surface area contributed by atoms with Crippen molar-refractivity contribution >= 4 is 29.2 Å². The van der Waals surface area contributed by atoms with Gasteiger partial charge in [-0.1, -0.05) is 23.7 Å². The van der Waals surface area contributed by atoms with Crippen molar-refractivity contribution < 1.29 is 0 Å². The second-order valence-electron chi connectivity index (χ2n) is 4.89. The molecule has 0 atom stereocenters. The van der Waals surface area contributed by atoms with Crippen LogP contribution in [0.2, 0.25) is 10.3 Å². The first-order valence-corrected chi connectivity index (χ1v) is 7.32. The van der Waals surface area contributed by atoms with Gasteiger partial charge in [-0.15, -0.1) is 0 Å². The molecule has 0 radical (unpaired) electrons. The van der Waals surface area contributed by atoms with Crippen LogP contribution < -0.4 is 4.90 Å². The maximum atomic E-state index is 6.16. The summed E-state index contributed by atoms with van der Waals surface area (Å²) in [5, 5.41) is 0.912. The average molecular weight is 309 g/mol. The fourth-order valence-corrected chi connectivity index (χ4v) is 2.60. The molecule has 1 aromatic heterocycles. The maximum Gasteiger partial charge on any atom is 0.230 e. The lowest BCUT2D eigenvalue weighted by atomic mass is 10.1. The molecule has 0 N–H and O–H groups in total. The van der Waals surface area contributed by atoms with Crippen molar-refractivity contribution in [3.8, 4) is 11.4 Å². The fourth-order valence-electron chi connectivity index (χ4n) is 2.26. The lowest BCUT2D eigenvalue weighted by Crippen LogP contribution is -2.21. The summed E-state index contributed by atoms with van der Waals surface area (Å²) >= 11 is 12.2. The molecule has 104 valence electrons. The molecule has 6 heteroatoms. The normalized spacial score (nSPS) is 14.8. The summed E-state index contributed by atoms with van der Waals surface area (Å²) < 4.78 is 0. The van der Waals surface area contributed by atoms with Gasteiger partial charge in [0.1, 0.15) is 0 Å². The van der Waals surface area contributed by atoms with E-state index in [1.807, 2.05) is 25.1 Å². The first-order chi connectivity index (χ1) is 9.63. The van der Waals surface area contributed by atoms with Crippen molar-refractivity contribution in [3.63, 3.8) is 0 Å². The Balaban J connectivity index is 2.02. The third-order valence-electron chi connectivity index (χ3n) is 3.42. The van der Waals surface area contributed by atoms with Crippen LogP contribution in [0.25, 0.3) is 11.4 Å². The molecule has 0 saturated carbocycles. The summed E-state index contributed by atoms with van der Waals surface area (Å²) in [7, 11) is 0. The molecule has 4 nitrogen and oxygen atoms in total. The van der Waals surface area contributed by atoms with E-state index < -0.39 is 0 Å². The number of anilines is 1. The molecule has 0 unspecified atom stereocenters. The molecule has 0 bridgehead atoms. The number of nitrogens with zero attached hydrogens (tertiary/aromatic N) is 4. The van der Waals surface area contributed by atoms with Gasteiger partial charge in [-0.2, -0.15) is 15.0 Å². The van der Waals surface area contributed by atoms with Gasteiger partial charge in [-0.3, -0.25) is 0 Å². The molecule has 3 rings (SSSR count). The third kappa shape index (κ3) is 2.72. The van der Waals surface area contributed by atoms with E-state index in [4.69, 9.17) is 23.2 Å². The Morgan fingerprint density at radius 3 is 2.50 bits per heavy atom. The predicted molar refractivity (Wildman–Crippen MR) is 81.5 cm³/mol. The molecule has 0 amide bonds. The topological polar surface area (TPSA) is 41.9 Å². The van der Waals surface area contributed by atoms with Gasteiger partial charge in [0, 0.05) is 23.7 Å². The number of hydrogen-bond donors (Lipinski definition) is 0. The molecule has 1 aromatic carbocycles. The quantitative estimate of drug-likeness (QED) is 0.847. The number of hydrogen-bond acceptors (Lipinski definition) is 4. The van der Waals surface area contributed by atoms with Crippen molar-refractivity contribution in [1.29, 1.82) is 0 Å². The number of aryl methyl sites for hydroxylation is 1. The summed E-state index contributed by atoms with van der Waals surface area (Å²) in [6.07, 6.45) is 2.32. The van der Waals surface area contributed by atoms with Gasteiger partial charge < -0.3 is 4.90 Å². The lowest BCUT2D eigenvalue weighted by Gasteiger charge is -2.15. The zero-order valence-electron chi connectivity index (χ0n) is 11.1. The van der Waals surface area contributed by atoms with Crippen LogP contribution >= 0.6 is 23.2 Å². The van der Waals surface area contributed by atoms with Gasteiger partial charge in [-0.05, 0) is 43.0 Å². The van der Waals surface area contributed by atoms with Gasteiger partial charge in [-0.25, -0.2) is 0 Å². The third-order valence-corrected chi connectivity index (χ3v) is 3.99. The van der Waals surface area contributed by atoms with E-state index in [2.05, 4.69) is 19.9 Å². The van der Waals surface area contributed by atoms with Gasteiger partial charge in [0.05, 0.1) is 0 Å². The van der Waals surface area contributed by atoms with E-state index in [1.165, 1.54) is 0 Å². The molecular formula is C14H14Cl2N4. The van der Waals surface area contributed by atoms with Gasteiger partial charge in [0.15, 0.2) is 5.82 Å². The summed E-state index contributed by atoms with van der Waals surface area (Å²) in [5.74, 6) is 1.21. The van der Waals surface area contributed by atoms with Gasteiger partial charge >= 0.3 is 0 Å². The van der Waals surface area contributed by atoms with E-state index >= 15 is 0 Å². The Hall–Kier alpha value is -1.39. The van der Waals surface area contributed by atoms with E-state index in [9.17, 15) is 0 Å². The number of aromatic nitrogens is 3. The second-order valence-corrected chi connectivity index (χ2v) is 5.63. The predicted octanol–water partition coefficient (Wildman–Crippen LogP) is 3.75. The number of halogens is 2. The molecule has 1 fully saturated rings. The van der Waals surface area contributed by atoms with Crippen molar-refractivity contribution in [2.75, 3.05) is 18.0 Å². The van der Waals surface area contributed by atoms with Crippen molar-refractivity contribution in [3.05, 3.63) is 34.1 Å². The summed E-state index contributed by atoms with van der Waals surface area (Å²) in [6.45, 7) is 3.89. The molecule has 1 aliphatic heterocycles. The smallest absolute Gasteiger partial charge is 0.230 e. The average Bonchev–Trinajstić information content (AvgIpc) is 2.95. The Morgan fingerprint density at radius 2 is 1.80 bits per heavy atom. The van der Waals surface area contributed by atoms with Crippen LogP contribution in [0, 0.1) is 6.92 Å². The maximum absolute atomic E-state index is 6.16. The van der Waals surface area contributed by atoms with Crippen molar-refractivity contribution in [1.82, 2.24) is 15.0 Å². The highest BCUT2D eigenvalue weighted by Crippen LogP contribution is 2.25. The van der Waals surface area contributed by atoms with Crippen LogP contribution in [0.1, 0.15) is 18.4 Å². The van der Waals surface area contributed by atoms with Gasteiger partial charge in [0.25, 0.3) is 0 Å². The van der Waals surface area contributed by atoms with Crippen LogP contribution in [0.5, 0.6) is 0 Å². The molecule has 20 heavy (non-hydrogen) atoms. The lowest BCUT2D eigenvalue weighted by molar-refractivity contribution is 0.883. The minimum atomic E-state index is 0.216. The van der Waals surface area contributed by atoms with E-state index in [1.54, 1.807) is 0 Å². The molecule has 0 spiro atoms. The van der Waals surface area contributed by atoms with E-state index in [0.717, 1.165) is 37.1 Å². The Labute approximate surface area is 127 Å². The summed E-state index contributed by atoms with van der Waals surface area (Å²) in [5.41, 5.74) is 1.88. The van der Waals surface area contributed by atoms with Crippen LogP contribution in [0.3, 0.4) is 0 Å². The molecule has 1 aliphatic rings. The molecule has 2 aromatic rings. The zero-order chi connectivity index (χ0) is 14.1. The summed E-state index contributed by atoms with van der Waals surface area (Å²) in [6, 6.07) is 5.75. The van der Waals surface area contributed by atoms with Gasteiger partial charge in [0.2, 0.25) is 11.2 Å². The highest BCUT2D eigenvalue weighted by atomic mass is 35.5. The van der Waals surface area contributed by atoms with Crippen molar-refractivity contribution in [2.45, 2.75) is 19.8 Å². The van der Waals surface area contributed by atoms with Crippen LogP contribution in [0.4, 0.5) is 5.95 Å². The Bertz CT molecular complexity index is 639. The monoisotopic (exact) mass is 308 g/mol. The van der Waals surface area contributed by atoms with Crippen LogP contribution in [-0.2, 0) is 0 Å². The molecule has 2 heterocycles. The Morgan fingerprint density at radius 1 is 1.05 bits per heavy atom. The number of rotatable bonds is 2. The summed E-state index contributed by atoms with van der Waals surface area (Å²) in [4.78, 5) is 15.1. The van der Waals surface area contributed by atoms with E-state index in [-0.39, 0.29) is 5.28 Å².